The van der Waals surface area contributed by atoms with Crippen molar-refractivity contribution in [1.82, 2.24) is 20.2 Å². The number of benzene rings is 2. The first-order valence-corrected chi connectivity index (χ1v) is 8.09. The molecule has 0 radical (unpaired) electrons. The predicted octanol–water partition coefficient (Wildman–Crippen LogP) is 2.69. The first-order chi connectivity index (χ1) is 12.1. The number of fused-ring (bicyclic) bond motifs is 2. The van der Waals surface area contributed by atoms with Crippen LogP contribution < -0.4 is 5.32 Å². The maximum atomic E-state index is 14.4. The molecule has 3 aromatic rings. The van der Waals surface area contributed by atoms with Gasteiger partial charge in [0.25, 0.3) is 5.91 Å². The SMILES string of the molecule is CN1Cc2ccccc2C(NC(=O)c2cc3nccnc3cc2F)C1. The molecule has 1 unspecified atom stereocenters. The van der Waals surface area contributed by atoms with Crippen molar-refractivity contribution < 1.29 is 9.18 Å². The van der Waals surface area contributed by atoms with Gasteiger partial charge in [-0.3, -0.25) is 19.7 Å². The summed E-state index contributed by atoms with van der Waals surface area (Å²) in [6.45, 7) is 1.51. The van der Waals surface area contributed by atoms with Crippen molar-refractivity contribution in [3.8, 4) is 0 Å². The number of hydrogen-bond acceptors (Lipinski definition) is 4. The molecule has 2 aromatic carbocycles. The summed E-state index contributed by atoms with van der Waals surface area (Å²) in [5.41, 5.74) is 3.16. The smallest absolute Gasteiger partial charge is 0.254 e. The maximum Gasteiger partial charge on any atom is 0.254 e. The molecule has 1 atom stereocenters. The third-order valence-electron chi connectivity index (χ3n) is 4.47. The summed E-state index contributed by atoms with van der Waals surface area (Å²) in [7, 11) is 2.00. The summed E-state index contributed by atoms with van der Waals surface area (Å²) in [4.78, 5) is 23.0. The van der Waals surface area contributed by atoms with Gasteiger partial charge in [0.1, 0.15) is 5.82 Å². The van der Waals surface area contributed by atoms with Crippen LogP contribution in [0.4, 0.5) is 4.39 Å². The molecule has 6 heteroatoms. The van der Waals surface area contributed by atoms with Crippen LogP contribution in [0.2, 0.25) is 0 Å². The first-order valence-electron chi connectivity index (χ1n) is 8.09. The number of nitrogens with zero attached hydrogens (tertiary/aromatic N) is 3. The first kappa shape index (κ1) is 15.7. The zero-order chi connectivity index (χ0) is 17.4. The van der Waals surface area contributed by atoms with Crippen LogP contribution in [0.15, 0.2) is 48.8 Å². The standard InChI is InChI=1S/C19H17FN4O/c1-24-10-12-4-2-3-5-13(12)18(11-24)23-19(25)14-8-16-17(9-15(14)20)22-7-6-21-16/h2-9,18H,10-11H2,1H3,(H,23,25). The molecule has 1 aliphatic rings. The van der Waals surface area contributed by atoms with Gasteiger partial charge in [0.05, 0.1) is 22.6 Å². The summed E-state index contributed by atoms with van der Waals surface area (Å²) < 4.78 is 14.4. The Balaban J connectivity index is 1.66. The van der Waals surface area contributed by atoms with E-state index in [1.165, 1.54) is 30.1 Å². The molecule has 126 valence electrons. The van der Waals surface area contributed by atoms with Crippen LogP contribution in [0.1, 0.15) is 27.5 Å². The zero-order valence-corrected chi connectivity index (χ0v) is 13.7. The van der Waals surface area contributed by atoms with Gasteiger partial charge in [0.2, 0.25) is 0 Å². The van der Waals surface area contributed by atoms with Crippen molar-refractivity contribution >= 4 is 16.9 Å². The van der Waals surface area contributed by atoms with Gasteiger partial charge in [-0.1, -0.05) is 24.3 Å². The number of carbonyl (C=O) groups is 1. The molecule has 1 N–H and O–H groups in total. The molecule has 0 fully saturated rings. The molecule has 0 aliphatic carbocycles. The highest BCUT2D eigenvalue weighted by Gasteiger charge is 2.25. The van der Waals surface area contributed by atoms with Gasteiger partial charge in [-0.15, -0.1) is 0 Å². The molecule has 0 saturated carbocycles. The molecule has 5 nitrogen and oxygen atoms in total. The Labute approximate surface area is 144 Å². The Morgan fingerprint density at radius 2 is 1.92 bits per heavy atom. The minimum atomic E-state index is -0.594. The molecular formula is C19H17FN4O. The number of aromatic nitrogens is 2. The molecule has 0 spiro atoms. The fourth-order valence-electron chi connectivity index (χ4n) is 3.30. The lowest BCUT2D eigenvalue weighted by Gasteiger charge is -2.32. The van der Waals surface area contributed by atoms with Gasteiger partial charge in [0, 0.05) is 31.5 Å². The van der Waals surface area contributed by atoms with Crippen molar-refractivity contribution in [2.75, 3.05) is 13.6 Å². The van der Waals surface area contributed by atoms with Crippen molar-refractivity contribution in [3.05, 3.63) is 71.3 Å². The number of halogens is 1. The Morgan fingerprint density at radius 3 is 2.72 bits per heavy atom. The summed E-state index contributed by atoms with van der Waals surface area (Å²) in [5, 5.41) is 2.96. The normalized spacial score (nSPS) is 17.3. The van der Waals surface area contributed by atoms with Crippen molar-refractivity contribution in [1.29, 1.82) is 0 Å². The summed E-state index contributed by atoms with van der Waals surface area (Å²) in [6.07, 6.45) is 3.02. The van der Waals surface area contributed by atoms with E-state index in [2.05, 4.69) is 26.3 Å². The fraction of sp³-hybridized carbons (Fsp3) is 0.211. The largest absolute Gasteiger partial charge is 0.344 e. The van der Waals surface area contributed by atoms with E-state index in [1.54, 1.807) is 0 Å². The summed E-state index contributed by atoms with van der Waals surface area (Å²) in [6, 6.07) is 10.5. The topological polar surface area (TPSA) is 58.1 Å². The lowest BCUT2D eigenvalue weighted by atomic mass is 9.95. The molecular weight excluding hydrogens is 319 g/mol. The van der Waals surface area contributed by atoms with Crippen LogP contribution in [0.5, 0.6) is 0 Å². The molecule has 1 amide bonds. The van der Waals surface area contributed by atoms with E-state index in [-0.39, 0.29) is 11.6 Å². The quantitative estimate of drug-likeness (QED) is 0.782. The number of carbonyl (C=O) groups excluding carboxylic acids is 1. The monoisotopic (exact) mass is 336 g/mol. The fourth-order valence-corrected chi connectivity index (χ4v) is 3.30. The van der Waals surface area contributed by atoms with Gasteiger partial charge in [-0.25, -0.2) is 4.39 Å². The maximum absolute atomic E-state index is 14.4. The van der Waals surface area contributed by atoms with Gasteiger partial charge in [0.15, 0.2) is 0 Å². The van der Waals surface area contributed by atoms with Crippen LogP contribution >= 0.6 is 0 Å². The van der Waals surface area contributed by atoms with E-state index >= 15 is 0 Å². The summed E-state index contributed by atoms with van der Waals surface area (Å²) in [5.74, 6) is -1.04. The highest BCUT2D eigenvalue weighted by atomic mass is 19.1. The number of nitrogens with one attached hydrogen (secondary N) is 1. The highest BCUT2D eigenvalue weighted by Crippen LogP contribution is 2.26. The van der Waals surface area contributed by atoms with Crippen molar-refractivity contribution in [2.24, 2.45) is 0 Å². The third kappa shape index (κ3) is 2.96. The molecule has 0 saturated heterocycles. The van der Waals surface area contributed by atoms with Gasteiger partial charge in [-0.2, -0.15) is 0 Å². The van der Waals surface area contributed by atoms with E-state index in [4.69, 9.17) is 0 Å². The highest BCUT2D eigenvalue weighted by molar-refractivity contribution is 5.97. The van der Waals surface area contributed by atoms with Gasteiger partial charge < -0.3 is 5.32 Å². The van der Waals surface area contributed by atoms with E-state index in [0.717, 1.165) is 12.1 Å². The number of likely N-dealkylation sites (N-methyl/N-ethyl adjacent to an activating group) is 1. The van der Waals surface area contributed by atoms with Crippen LogP contribution in [0.25, 0.3) is 11.0 Å². The van der Waals surface area contributed by atoms with E-state index in [1.807, 2.05) is 25.2 Å². The second-order valence-electron chi connectivity index (χ2n) is 6.30. The van der Waals surface area contributed by atoms with Crippen molar-refractivity contribution in [2.45, 2.75) is 12.6 Å². The minimum absolute atomic E-state index is 0.0151. The van der Waals surface area contributed by atoms with Crippen LogP contribution in [0.3, 0.4) is 0 Å². The van der Waals surface area contributed by atoms with Gasteiger partial charge >= 0.3 is 0 Å². The lowest BCUT2D eigenvalue weighted by Crippen LogP contribution is -2.40. The van der Waals surface area contributed by atoms with Crippen molar-refractivity contribution in [3.63, 3.8) is 0 Å². The van der Waals surface area contributed by atoms with Crippen LogP contribution in [-0.4, -0.2) is 34.4 Å². The average molecular weight is 336 g/mol. The third-order valence-corrected chi connectivity index (χ3v) is 4.47. The predicted molar refractivity (Wildman–Crippen MR) is 92.5 cm³/mol. The molecule has 1 aliphatic heterocycles. The second kappa shape index (κ2) is 6.22. The Bertz CT molecular complexity index is 959. The van der Waals surface area contributed by atoms with Crippen LogP contribution in [-0.2, 0) is 6.54 Å². The zero-order valence-electron chi connectivity index (χ0n) is 13.7. The average Bonchev–Trinajstić information content (AvgIpc) is 2.61. The molecule has 1 aromatic heterocycles. The number of amides is 1. The summed E-state index contributed by atoms with van der Waals surface area (Å²) >= 11 is 0. The Hall–Kier alpha value is -2.86. The molecule has 2 heterocycles. The number of rotatable bonds is 2. The van der Waals surface area contributed by atoms with Gasteiger partial charge in [-0.05, 0) is 24.2 Å². The molecule has 0 bridgehead atoms. The second-order valence-corrected chi connectivity index (χ2v) is 6.30. The molecule has 4 rings (SSSR count). The minimum Gasteiger partial charge on any atom is -0.344 e. The van der Waals surface area contributed by atoms with E-state index < -0.39 is 11.7 Å². The van der Waals surface area contributed by atoms with Crippen LogP contribution in [0, 0.1) is 5.82 Å². The Morgan fingerprint density at radius 1 is 1.20 bits per heavy atom. The Kier molecular flexibility index (Phi) is 3.89. The van der Waals surface area contributed by atoms with E-state index in [0.29, 0.717) is 17.6 Å². The van der Waals surface area contributed by atoms with E-state index in [9.17, 15) is 9.18 Å². The number of hydrogen-bond donors (Lipinski definition) is 1. The molecule has 25 heavy (non-hydrogen) atoms. The lowest BCUT2D eigenvalue weighted by molar-refractivity contribution is 0.0918.